The number of nitrogens with one attached hydrogen (secondary N) is 1. The van der Waals surface area contributed by atoms with Gasteiger partial charge in [-0.3, -0.25) is 4.79 Å². The van der Waals surface area contributed by atoms with E-state index in [9.17, 15) is 9.35 Å². The zero-order valence-corrected chi connectivity index (χ0v) is 15.4. The molecule has 0 radical (unpaired) electrons. The summed E-state index contributed by atoms with van der Waals surface area (Å²) in [5.74, 6) is 0.623. The average Bonchev–Trinajstić information content (AvgIpc) is 3.15. The summed E-state index contributed by atoms with van der Waals surface area (Å²) in [7, 11) is 0. The number of carbonyl (C=O) groups excluding carboxylic acids is 1. The van der Waals surface area contributed by atoms with Gasteiger partial charge in [0.15, 0.2) is 11.3 Å². The minimum Gasteiger partial charge on any atom is -0.609 e. The lowest BCUT2D eigenvalue weighted by molar-refractivity contribution is -0.0958. The molecule has 26 heavy (non-hydrogen) atoms. The minimum absolute atomic E-state index is 0.0992. The van der Waals surface area contributed by atoms with E-state index < -0.39 is 11.2 Å². The maximum atomic E-state index is 12.4. The van der Waals surface area contributed by atoms with Gasteiger partial charge in [0.1, 0.15) is 11.8 Å². The highest BCUT2D eigenvalue weighted by Crippen LogP contribution is 2.67. The monoisotopic (exact) mass is 390 g/mol. The second kappa shape index (κ2) is 5.28. The summed E-state index contributed by atoms with van der Waals surface area (Å²) in [5, 5.41) is 3.97. The van der Waals surface area contributed by atoms with Crippen LogP contribution in [0.5, 0.6) is 0 Å². The van der Waals surface area contributed by atoms with Gasteiger partial charge < -0.3 is 18.7 Å². The van der Waals surface area contributed by atoms with Crippen LogP contribution in [0.15, 0.2) is 44.3 Å². The van der Waals surface area contributed by atoms with Gasteiger partial charge in [0.05, 0.1) is 5.41 Å². The number of fused-ring (bicyclic) bond motifs is 1. The molecule has 3 aromatic rings. The van der Waals surface area contributed by atoms with E-state index in [1.54, 1.807) is 24.3 Å². The molecule has 3 saturated carbocycles. The molecule has 3 aliphatic carbocycles. The van der Waals surface area contributed by atoms with Gasteiger partial charge in [0.25, 0.3) is 5.91 Å². The van der Waals surface area contributed by atoms with E-state index in [1.807, 2.05) is 6.07 Å². The Morgan fingerprint density at radius 2 is 2.04 bits per heavy atom. The van der Waals surface area contributed by atoms with E-state index in [-0.39, 0.29) is 22.6 Å². The van der Waals surface area contributed by atoms with Crippen LogP contribution in [0.3, 0.4) is 0 Å². The molecule has 6 rings (SSSR count). The van der Waals surface area contributed by atoms with Crippen LogP contribution >= 0.6 is 11.6 Å². The Balaban J connectivity index is 1.29. The molecule has 1 N–H and O–H groups in total. The fourth-order valence-corrected chi connectivity index (χ4v) is 4.81. The third-order valence-electron chi connectivity index (χ3n) is 5.30. The van der Waals surface area contributed by atoms with Crippen molar-refractivity contribution < 1.29 is 18.2 Å². The highest BCUT2D eigenvalue weighted by Gasteiger charge is 2.71. The zero-order chi connectivity index (χ0) is 18.1. The molecule has 2 aromatic heterocycles. The molecule has 3 aliphatic rings. The summed E-state index contributed by atoms with van der Waals surface area (Å²) in [5.41, 5.74) is 1.15. The third kappa shape index (κ3) is 2.31. The predicted molar refractivity (Wildman–Crippen MR) is 95.8 cm³/mol. The van der Waals surface area contributed by atoms with Crippen LogP contribution in [-0.4, -0.2) is 27.2 Å². The molecule has 0 aliphatic heterocycles. The molecule has 0 unspecified atom stereocenters. The molecular weight excluding hydrogens is 376 g/mol. The molecule has 2 bridgehead atoms. The van der Waals surface area contributed by atoms with Gasteiger partial charge in [-0.25, -0.2) is 4.98 Å². The van der Waals surface area contributed by atoms with Crippen molar-refractivity contribution >= 4 is 39.8 Å². The number of hydrogen-bond acceptors (Lipinski definition) is 5. The fraction of sp³-hybridized carbons (Fsp3) is 0.333. The van der Waals surface area contributed by atoms with Gasteiger partial charge in [0, 0.05) is 27.8 Å². The Morgan fingerprint density at radius 1 is 1.27 bits per heavy atom. The van der Waals surface area contributed by atoms with Crippen LogP contribution in [0.2, 0.25) is 5.02 Å². The third-order valence-corrected chi connectivity index (χ3v) is 6.32. The van der Waals surface area contributed by atoms with Crippen molar-refractivity contribution in [1.82, 2.24) is 10.3 Å². The van der Waals surface area contributed by atoms with Crippen molar-refractivity contribution in [2.75, 3.05) is 6.26 Å². The lowest BCUT2D eigenvalue weighted by Crippen LogP contribution is -2.76. The Kier molecular flexibility index (Phi) is 3.30. The molecule has 1 atom stereocenters. The van der Waals surface area contributed by atoms with E-state index in [0.717, 1.165) is 30.4 Å². The van der Waals surface area contributed by atoms with Crippen LogP contribution in [-0.2, 0) is 16.6 Å². The smallest absolute Gasteiger partial charge is 0.311 e. The van der Waals surface area contributed by atoms with Crippen molar-refractivity contribution in [1.29, 1.82) is 0 Å². The van der Waals surface area contributed by atoms with Crippen molar-refractivity contribution in [3.63, 3.8) is 0 Å². The number of hydrogen-bond donors (Lipinski definition) is 1. The Morgan fingerprint density at radius 3 is 2.73 bits per heavy atom. The van der Waals surface area contributed by atoms with E-state index >= 15 is 0 Å². The maximum absolute atomic E-state index is 12.4. The first-order valence-corrected chi connectivity index (χ1v) is 10.1. The molecule has 0 spiro atoms. The van der Waals surface area contributed by atoms with Crippen LogP contribution < -0.4 is 5.32 Å². The van der Waals surface area contributed by atoms with Crippen LogP contribution in [0.25, 0.3) is 11.1 Å². The number of rotatable bonds is 4. The molecule has 134 valence electrons. The average molecular weight is 391 g/mol. The molecule has 1 amide bonds. The first kappa shape index (κ1) is 16.2. The number of amides is 1. The summed E-state index contributed by atoms with van der Waals surface area (Å²) >= 11 is 4.76. The van der Waals surface area contributed by atoms with Crippen molar-refractivity contribution in [2.24, 2.45) is 0 Å². The van der Waals surface area contributed by atoms with E-state index in [4.69, 9.17) is 20.4 Å². The Hall–Kier alpha value is -1.96. The summed E-state index contributed by atoms with van der Waals surface area (Å²) in [4.78, 5) is 17.0. The van der Waals surface area contributed by atoms with Crippen molar-refractivity contribution in [3.8, 4) is 0 Å². The highest BCUT2D eigenvalue weighted by atomic mass is 35.5. The second-order valence-corrected chi connectivity index (χ2v) is 9.00. The van der Waals surface area contributed by atoms with Gasteiger partial charge in [-0.05, 0) is 43.5 Å². The number of oxazole rings is 1. The first-order chi connectivity index (χ1) is 12.4. The zero-order valence-electron chi connectivity index (χ0n) is 13.9. The number of benzene rings is 1. The molecular formula is C18H15ClN2O4S. The summed E-state index contributed by atoms with van der Waals surface area (Å²) in [6, 6.07) is 8.52. The lowest BCUT2D eigenvalue weighted by Gasteiger charge is -2.68. The summed E-state index contributed by atoms with van der Waals surface area (Å²) < 4.78 is 22.6. The molecule has 1 aromatic carbocycles. The van der Waals surface area contributed by atoms with Crippen molar-refractivity contribution in [3.05, 3.63) is 47.0 Å². The molecule has 8 heteroatoms. The Labute approximate surface area is 157 Å². The summed E-state index contributed by atoms with van der Waals surface area (Å²) in [6.07, 6.45) is 3.89. The molecule has 2 heterocycles. The number of nitrogens with zero attached hydrogens (tertiary/aromatic N) is 1. The quantitative estimate of drug-likeness (QED) is 0.689. The highest BCUT2D eigenvalue weighted by molar-refractivity contribution is 7.90. The normalized spacial score (nSPS) is 27.7. The van der Waals surface area contributed by atoms with Gasteiger partial charge in [-0.1, -0.05) is 11.6 Å². The molecule has 0 saturated heterocycles. The SMILES string of the molecule is C[S@+]([O-])c1ccc(C(=O)NC23CC(c4nc5cc(Cl)ccc5o4)(C2)C3)o1. The summed E-state index contributed by atoms with van der Waals surface area (Å²) in [6.45, 7) is 0. The van der Waals surface area contributed by atoms with Gasteiger partial charge in [0.2, 0.25) is 5.89 Å². The topological polar surface area (TPSA) is 91.3 Å². The van der Waals surface area contributed by atoms with Gasteiger partial charge >= 0.3 is 5.09 Å². The van der Waals surface area contributed by atoms with E-state index in [0.29, 0.717) is 16.0 Å². The van der Waals surface area contributed by atoms with E-state index in [1.165, 1.54) is 6.26 Å². The van der Waals surface area contributed by atoms with Crippen molar-refractivity contribution in [2.45, 2.75) is 35.3 Å². The second-order valence-electron chi connectivity index (χ2n) is 7.25. The van der Waals surface area contributed by atoms with E-state index in [2.05, 4.69) is 10.3 Å². The fourth-order valence-electron chi connectivity index (χ4n) is 4.17. The minimum atomic E-state index is -1.24. The predicted octanol–water partition coefficient (Wildman–Crippen LogP) is 3.42. The largest absolute Gasteiger partial charge is 0.609 e. The van der Waals surface area contributed by atoms with Crippen LogP contribution in [0, 0.1) is 0 Å². The number of furan rings is 1. The number of carbonyl (C=O) groups is 1. The number of aromatic nitrogens is 1. The lowest BCUT2D eigenvalue weighted by atomic mass is 9.39. The van der Waals surface area contributed by atoms with Gasteiger partial charge in [-0.15, -0.1) is 0 Å². The van der Waals surface area contributed by atoms with Crippen LogP contribution in [0.4, 0.5) is 0 Å². The standard InChI is InChI=1S/C18H15ClN2O4S/c1-26(23)14-5-4-13(24-14)15(22)21-18-7-17(8-18,9-18)16-20-11-6-10(19)2-3-12(11)25-16/h2-6H,7-9H2,1H3,(H,21,22)/t17?,18?,26-/m0/s1. The van der Waals surface area contributed by atoms with Crippen LogP contribution in [0.1, 0.15) is 35.7 Å². The Bertz CT molecular complexity index is 1020. The van der Waals surface area contributed by atoms with Gasteiger partial charge in [-0.2, -0.15) is 0 Å². The first-order valence-electron chi connectivity index (χ1n) is 8.21. The molecule has 6 nitrogen and oxygen atoms in total. The molecule has 3 fully saturated rings. The number of halogens is 1. The maximum Gasteiger partial charge on any atom is 0.311 e.